The van der Waals surface area contributed by atoms with Gasteiger partial charge in [-0.15, -0.1) is 0 Å². The van der Waals surface area contributed by atoms with Crippen molar-refractivity contribution in [3.63, 3.8) is 0 Å². The third-order valence-corrected chi connectivity index (χ3v) is 8.60. The van der Waals surface area contributed by atoms with Crippen LogP contribution in [0.5, 0.6) is 0 Å². The van der Waals surface area contributed by atoms with Crippen LogP contribution in [0, 0.1) is 90.9 Å². The predicted molar refractivity (Wildman–Crippen MR) is 159 cm³/mol. The van der Waals surface area contributed by atoms with Crippen LogP contribution in [0.15, 0.2) is 0 Å². The standard InChI is InChI=1S/2C17H23N2O.Fe/c2*1-13-16(11-10-15-7-3-4-8-15)14(2)19(18-13)17-9-5-6-12-20-17;/h2*3-4,7-8,17H,5-6,9-12H2,1-2H3;/q;;+2. The second-order valence-electron chi connectivity index (χ2n) is 11.4. The van der Waals surface area contributed by atoms with Crippen molar-refractivity contribution in [1.82, 2.24) is 19.6 Å². The maximum Gasteiger partial charge on any atom is 2.00 e. The average Bonchev–Trinajstić information content (AvgIpc) is 3.78. The summed E-state index contributed by atoms with van der Waals surface area (Å²) in [7, 11) is 0. The van der Waals surface area contributed by atoms with Gasteiger partial charge in [-0.1, -0.05) is 0 Å². The molecule has 7 heteroatoms. The molecule has 0 amide bonds. The molecule has 4 fully saturated rings. The molecule has 2 atom stereocenters. The summed E-state index contributed by atoms with van der Waals surface area (Å²) >= 11 is 0. The molecule has 0 aromatic carbocycles. The first kappa shape index (κ1) is 32.8. The van der Waals surface area contributed by atoms with Gasteiger partial charge in [-0.25, -0.2) is 9.36 Å². The van der Waals surface area contributed by atoms with E-state index < -0.39 is 0 Å². The second kappa shape index (κ2) is 16.1. The molecular formula is C34H46FeN4O2+2. The van der Waals surface area contributed by atoms with Gasteiger partial charge in [0.1, 0.15) is 12.5 Å². The van der Waals surface area contributed by atoms with E-state index in [0.717, 1.165) is 63.1 Å². The second-order valence-corrected chi connectivity index (χ2v) is 11.4. The van der Waals surface area contributed by atoms with Gasteiger partial charge in [0.2, 0.25) is 0 Å². The van der Waals surface area contributed by atoms with E-state index >= 15 is 0 Å². The molecule has 0 spiro atoms. The van der Waals surface area contributed by atoms with E-state index in [1.807, 2.05) is 0 Å². The summed E-state index contributed by atoms with van der Waals surface area (Å²) in [5.74, 6) is 2.82. The first-order valence-electron chi connectivity index (χ1n) is 15.2. The fraction of sp³-hybridized carbons (Fsp3) is 0.529. The van der Waals surface area contributed by atoms with Gasteiger partial charge < -0.3 is 9.47 Å². The van der Waals surface area contributed by atoms with Crippen molar-refractivity contribution in [2.75, 3.05) is 13.2 Å². The Kier molecular flexibility index (Phi) is 12.8. The summed E-state index contributed by atoms with van der Waals surface area (Å²) in [6.45, 7) is 10.3. The molecule has 2 saturated carbocycles. The largest absolute Gasteiger partial charge is 2.00 e. The summed E-state index contributed by atoms with van der Waals surface area (Å²) in [6, 6.07) is 0. The Hall–Kier alpha value is -1.14. The Morgan fingerprint density at radius 2 is 1.00 bits per heavy atom. The quantitative estimate of drug-likeness (QED) is 0.305. The van der Waals surface area contributed by atoms with Crippen molar-refractivity contribution in [3.8, 4) is 0 Å². The minimum atomic E-state index is 0. The van der Waals surface area contributed by atoms with E-state index in [1.54, 1.807) is 0 Å². The summed E-state index contributed by atoms with van der Waals surface area (Å²) in [6.07, 6.45) is 28.8. The van der Waals surface area contributed by atoms with Gasteiger partial charge in [0.15, 0.2) is 0 Å². The normalized spacial score (nSPS) is 23.8. The molecular weight excluding hydrogens is 552 g/mol. The van der Waals surface area contributed by atoms with Gasteiger partial charge in [0, 0.05) is 24.6 Å². The molecule has 2 aliphatic carbocycles. The molecule has 220 valence electrons. The van der Waals surface area contributed by atoms with E-state index in [0.29, 0.717) is 0 Å². The van der Waals surface area contributed by atoms with Crippen LogP contribution in [0.2, 0.25) is 0 Å². The molecule has 41 heavy (non-hydrogen) atoms. The fourth-order valence-electron chi connectivity index (χ4n) is 6.21. The minimum absolute atomic E-state index is 0. The first-order chi connectivity index (χ1) is 19.5. The van der Waals surface area contributed by atoms with E-state index in [1.165, 1.54) is 60.0 Å². The Balaban J connectivity index is 0.000000184. The van der Waals surface area contributed by atoms with Gasteiger partial charge in [-0.3, -0.25) is 0 Å². The molecule has 0 bridgehead atoms. The Bertz CT molecular complexity index is 971. The van der Waals surface area contributed by atoms with E-state index in [4.69, 9.17) is 19.7 Å². The zero-order chi connectivity index (χ0) is 27.9. The van der Waals surface area contributed by atoms with E-state index in [2.05, 4.69) is 88.4 Å². The maximum absolute atomic E-state index is 5.86. The zero-order valence-corrected chi connectivity index (χ0v) is 26.3. The van der Waals surface area contributed by atoms with Crippen LogP contribution < -0.4 is 0 Å². The molecule has 10 radical (unpaired) electrons. The monoisotopic (exact) mass is 598 g/mol. The predicted octanol–water partition coefficient (Wildman–Crippen LogP) is 7.07. The summed E-state index contributed by atoms with van der Waals surface area (Å²) < 4.78 is 15.9. The van der Waals surface area contributed by atoms with Crippen LogP contribution >= 0.6 is 0 Å². The van der Waals surface area contributed by atoms with Gasteiger partial charge in [0.05, 0.1) is 11.4 Å². The smallest absolute Gasteiger partial charge is 0.357 e. The molecule has 4 aliphatic rings. The van der Waals surface area contributed by atoms with Crippen molar-refractivity contribution in [1.29, 1.82) is 0 Å². The number of ether oxygens (including phenoxy) is 2. The molecule has 2 saturated heterocycles. The molecule has 4 heterocycles. The number of aromatic nitrogens is 4. The minimum Gasteiger partial charge on any atom is -0.357 e. The number of nitrogens with zero attached hydrogens (tertiary/aromatic N) is 4. The first-order valence-corrected chi connectivity index (χ1v) is 15.2. The van der Waals surface area contributed by atoms with E-state index in [9.17, 15) is 0 Å². The third kappa shape index (κ3) is 8.49. The van der Waals surface area contributed by atoms with E-state index in [-0.39, 0.29) is 29.5 Å². The molecule has 6 nitrogen and oxygen atoms in total. The molecule has 2 aromatic heterocycles. The van der Waals surface area contributed by atoms with Crippen LogP contribution in [-0.4, -0.2) is 32.8 Å². The summed E-state index contributed by atoms with van der Waals surface area (Å²) in [4.78, 5) is 0. The summed E-state index contributed by atoms with van der Waals surface area (Å²) in [5.41, 5.74) is 7.65. The van der Waals surface area contributed by atoms with Crippen LogP contribution in [0.4, 0.5) is 0 Å². The molecule has 2 aliphatic heterocycles. The van der Waals surface area contributed by atoms with Crippen LogP contribution in [0.1, 0.15) is 97.7 Å². The van der Waals surface area contributed by atoms with Crippen LogP contribution in [0.3, 0.4) is 0 Å². The molecule has 6 rings (SSSR count). The average molecular weight is 599 g/mol. The zero-order valence-electron chi connectivity index (χ0n) is 25.2. The topological polar surface area (TPSA) is 54.1 Å². The van der Waals surface area contributed by atoms with Crippen molar-refractivity contribution >= 4 is 0 Å². The Morgan fingerprint density at radius 3 is 1.34 bits per heavy atom. The number of hydrogen-bond donors (Lipinski definition) is 0. The van der Waals surface area contributed by atoms with Crippen molar-refractivity contribution in [2.45, 2.75) is 104 Å². The van der Waals surface area contributed by atoms with Gasteiger partial charge >= 0.3 is 17.1 Å². The molecule has 2 aromatic rings. The molecule has 0 N–H and O–H groups in total. The van der Waals surface area contributed by atoms with Crippen LogP contribution in [-0.2, 0) is 39.4 Å². The SMILES string of the molecule is Cc1nn(C2CCCCO2)c(C)c1CC[C]1[CH][CH][CH][CH]1.Cc1nn(C2CCCCO2)c(C)c1CC[C]1[CH][CH][CH][CH]1.[Fe+2]. The fourth-order valence-corrected chi connectivity index (χ4v) is 6.21. The van der Waals surface area contributed by atoms with Gasteiger partial charge in [0.25, 0.3) is 0 Å². The molecule has 2 unspecified atom stereocenters. The summed E-state index contributed by atoms with van der Waals surface area (Å²) in [5, 5.41) is 9.45. The van der Waals surface area contributed by atoms with Crippen molar-refractivity contribution < 1.29 is 26.5 Å². The number of aryl methyl sites for hydroxylation is 2. The number of hydrogen-bond acceptors (Lipinski definition) is 4. The third-order valence-electron chi connectivity index (χ3n) is 8.60. The maximum atomic E-state index is 5.86. The van der Waals surface area contributed by atoms with Crippen molar-refractivity contribution in [2.24, 2.45) is 0 Å². The van der Waals surface area contributed by atoms with Gasteiger partial charge in [-0.05, 0) is 166 Å². The van der Waals surface area contributed by atoms with Crippen LogP contribution in [0.25, 0.3) is 0 Å². The Morgan fingerprint density at radius 1 is 0.610 bits per heavy atom. The number of rotatable bonds is 8. The Labute approximate surface area is 260 Å². The van der Waals surface area contributed by atoms with Gasteiger partial charge in [-0.2, -0.15) is 10.2 Å². The van der Waals surface area contributed by atoms with Crippen molar-refractivity contribution in [3.05, 3.63) is 97.1 Å².